The number of nitrogens with two attached hydrogens (primary N) is 1. The number of halogens is 1. The maximum absolute atomic E-state index is 11.7. The number of hydrogen-bond acceptors (Lipinski definition) is 2. The molecule has 3 nitrogen and oxygen atoms in total. The van der Waals surface area contributed by atoms with E-state index in [2.05, 4.69) is 0 Å². The van der Waals surface area contributed by atoms with Crippen molar-refractivity contribution in [1.29, 1.82) is 0 Å². The minimum Gasteiger partial charge on any atom is -0.372 e. The molecule has 0 aliphatic heterocycles. The molecule has 0 heterocycles. The fraction of sp³-hybridized carbons (Fsp3) is 0.0714. The first-order chi connectivity index (χ1) is 8.56. The van der Waals surface area contributed by atoms with Crippen LogP contribution in [0.25, 0.3) is 0 Å². The van der Waals surface area contributed by atoms with Gasteiger partial charge in [0.1, 0.15) is 0 Å². The van der Waals surface area contributed by atoms with Crippen LogP contribution in [0.4, 0.5) is 0 Å². The molecular formula is C14H12ClNO2. The third kappa shape index (κ3) is 1.98. The summed E-state index contributed by atoms with van der Waals surface area (Å²) in [6.45, 7) is 0. The van der Waals surface area contributed by atoms with Crippen LogP contribution in [0.1, 0.15) is 11.1 Å². The number of amides is 1. The van der Waals surface area contributed by atoms with Gasteiger partial charge in [0.25, 0.3) is 5.91 Å². The van der Waals surface area contributed by atoms with Crippen molar-refractivity contribution >= 4 is 17.5 Å². The molecule has 18 heavy (non-hydrogen) atoms. The zero-order valence-electron chi connectivity index (χ0n) is 9.51. The Morgan fingerprint density at radius 1 is 1.06 bits per heavy atom. The standard InChI is InChI=1S/C14H12ClNO2/c15-12-9-5-4-8-11(12)14(18,13(16)17)10-6-2-1-3-7-10/h1-9,18H,(H2,16,17). The summed E-state index contributed by atoms with van der Waals surface area (Å²) in [5, 5.41) is 10.9. The molecule has 0 aliphatic rings. The Balaban J connectivity index is 2.67. The molecule has 0 bridgehead atoms. The Hall–Kier alpha value is -1.84. The van der Waals surface area contributed by atoms with Gasteiger partial charge in [-0.25, -0.2) is 0 Å². The summed E-state index contributed by atoms with van der Waals surface area (Å²) < 4.78 is 0. The van der Waals surface area contributed by atoms with Gasteiger partial charge < -0.3 is 10.8 Å². The van der Waals surface area contributed by atoms with E-state index in [0.717, 1.165) is 0 Å². The normalized spacial score (nSPS) is 13.9. The van der Waals surface area contributed by atoms with Crippen LogP contribution in [-0.2, 0) is 10.4 Å². The minimum atomic E-state index is -1.92. The largest absolute Gasteiger partial charge is 0.372 e. The zero-order chi connectivity index (χ0) is 13.2. The second-order valence-electron chi connectivity index (χ2n) is 3.92. The average molecular weight is 262 g/mol. The molecule has 2 rings (SSSR count). The lowest BCUT2D eigenvalue weighted by Gasteiger charge is -2.26. The van der Waals surface area contributed by atoms with E-state index in [9.17, 15) is 9.90 Å². The number of carbonyl (C=O) groups is 1. The predicted molar refractivity (Wildman–Crippen MR) is 70.1 cm³/mol. The van der Waals surface area contributed by atoms with E-state index in [1.807, 2.05) is 0 Å². The van der Waals surface area contributed by atoms with Crippen LogP contribution in [-0.4, -0.2) is 11.0 Å². The lowest BCUT2D eigenvalue weighted by Crippen LogP contribution is -2.42. The van der Waals surface area contributed by atoms with Crippen molar-refractivity contribution in [2.45, 2.75) is 5.60 Å². The van der Waals surface area contributed by atoms with Crippen molar-refractivity contribution < 1.29 is 9.90 Å². The molecule has 1 atom stereocenters. The van der Waals surface area contributed by atoms with Crippen molar-refractivity contribution in [2.24, 2.45) is 5.73 Å². The topological polar surface area (TPSA) is 63.3 Å². The van der Waals surface area contributed by atoms with Crippen molar-refractivity contribution in [1.82, 2.24) is 0 Å². The van der Waals surface area contributed by atoms with Crippen LogP contribution in [0.15, 0.2) is 54.6 Å². The summed E-state index contributed by atoms with van der Waals surface area (Å²) in [5.41, 5.74) is 4.12. The molecule has 1 unspecified atom stereocenters. The van der Waals surface area contributed by atoms with Crippen molar-refractivity contribution in [3.05, 3.63) is 70.7 Å². The summed E-state index contributed by atoms with van der Waals surface area (Å²) >= 11 is 6.03. The number of carbonyl (C=O) groups excluding carboxylic acids is 1. The third-order valence-electron chi connectivity index (χ3n) is 2.81. The smallest absolute Gasteiger partial charge is 0.258 e. The van der Waals surface area contributed by atoms with E-state index in [-0.39, 0.29) is 5.56 Å². The molecule has 3 N–H and O–H groups in total. The molecule has 0 aliphatic carbocycles. The molecule has 0 spiro atoms. The molecule has 0 radical (unpaired) electrons. The second kappa shape index (κ2) is 4.80. The molecule has 0 saturated heterocycles. The van der Waals surface area contributed by atoms with Gasteiger partial charge in [-0.3, -0.25) is 4.79 Å². The average Bonchev–Trinajstić information content (AvgIpc) is 2.39. The van der Waals surface area contributed by atoms with Gasteiger partial charge in [-0.05, 0) is 11.6 Å². The molecule has 92 valence electrons. The number of primary amides is 1. The maximum Gasteiger partial charge on any atom is 0.258 e. The van der Waals surface area contributed by atoms with Gasteiger partial charge in [0.05, 0.1) is 0 Å². The van der Waals surface area contributed by atoms with Gasteiger partial charge in [-0.15, -0.1) is 0 Å². The van der Waals surface area contributed by atoms with Gasteiger partial charge in [0, 0.05) is 10.6 Å². The van der Waals surface area contributed by atoms with Crippen LogP contribution in [0.3, 0.4) is 0 Å². The Labute approximate surface area is 110 Å². The lowest BCUT2D eigenvalue weighted by molar-refractivity contribution is -0.133. The molecule has 0 saturated carbocycles. The first-order valence-electron chi connectivity index (χ1n) is 5.39. The highest BCUT2D eigenvalue weighted by Crippen LogP contribution is 2.33. The molecule has 0 fully saturated rings. The van der Waals surface area contributed by atoms with Gasteiger partial charge >= 0.3 is 0 Å². The Morgan fingerprint density at radius 3 is 2.17 bits per heavy atom. The van der Waals surface area contributed by atoms with E-state index in [4.69, 9.17) is 17.3 Å². The van der Waals surface area contributed by atoms with E-state index >= 15 is 0 Å². The summed E-state index contributed by atoms with van der Waals surface area (Å²) in [6.07, 6.45) is 0. The van der Waals surface area contributed by atoms with E-state index in [1.54, 1.807) is 54.6 Å². The predicted octanol–water partition coefficient (Wildman–Crippen LogP) is 2.06. The maximum atomic E-state index is 11.7. The molecule has 4 heteroatoms. The van der Waals surface area contributed by atoms with Crippen LogP contribution in [0.5, 0.6) is 0 Å². The zero-order valence-corrected chi connectivity index (χ0v) is 10.3. The summed E-state index contributed by atoms with van der Waals surface area (Å²) in [7, 11) is 0. The SMILES string of the molecule is NC(=O)C(O)(c1ccccc1)c1ccccc1Cl. The lowest BCUT2D eigenvalue weighted by atomic mass is 9.86. The highest BCUT2D eigenvalue weighted by molar-refractivity contribution is 6.31. The van der Waals surface area contributed by atoms with Crippen LogP contribution in [0, 0.1) is 0 Å². The molecule has 0 aromatic heterocycles. The van der Waals surface area contributed by atoms with Crippen LogP contribution in [0.2, 0.25) is 5.02 Å². The Morgan fingerprint density at radius 2 is 1.61 bits per heavy atom. The third-order valence-corrected chi connectivity index (χ3v) is 3.14. The highest BCUT2D eigenvalue weighted by atomic mass is 35.5. The number of hydrogen-bond donors (Lipinski definition) is 2. The van der Waals surface area contributed by atoms with Crippen molar-refractivity contribution in [2.75, 3.05) is 0 Å². The van der Waals surface area contributed by atoms with Gasteiger partial charge in [0.2, 0.25) is 0 Å². The van der Waals surface area contributed by atoms with Crippen LogP contribution >= 0.6 is 11.6 Å². The minimum absolute atomic E-state index is 0.283. The number of benzene rings is 2. The highest BCUT2D eigenvalue weighted by Gasteiger charge is 2.39. The van der Waals surface area contributed by atoms with Gasteiger partial charge in [-0.2, -0.15) is 0 Å². The number of aliphatic hydroxyl groups is 1. The van der Waals surface area contributed by atoms with E-state index in [1.165, 1.54) is 0 Å². The Kier molecular flexibility index (Phi) is 3.36. The second-order valence-corrected chi connectivity index (χ2v) is 4.33. The summed E-state index contributed by atoms with van der Waals surface area (Å²) in [6, 6.07) is 15.1. The van der Waals surface area contributed by atoms with E-state index in [0.29, 0.717) is 10.6 Å². The molecular weight excluding hydrogens is 250 g/mol. The first-order valence-corrected chi connectivity index (χ1v) is 5.77. The van der Waals surface area contributed by atoms with Gasteiger partial charge in [0.15, 0.2) is 5.60 Å². The summed E-state index contributed by atoms with van der Waals surface area (Å²) in [4.78, 5) is 11.7. The monoisotopic (exact) mass is 261 g/mol. The van der Waals surface area contributed by atoms with Crippen molar-refractivity contribution in [3.8, 4) is 0 Å². The molecule has 2 aromatic rings. The summed E-state index contributed by atoms with van der Waals surface area (Å²) in [5.74, 6) is -0.859. The fourth-order valence-corrected chi connectivity index (χ4v) is 2.14. The van der Waals surface area contributed by atoms with Crippen LogP contribution < -0.4 is 5.73 Å². The Bertz CT molecular complexity index is 571. The quantitative estimate of drug-likeness (QED) is 0.888. The molecule has 1 amide bonds. The number of rotatable bonds is 3. The van der Waals surface area contributed by atoms with E-state index < -0.39 is 11.5 Å². The molecule has 2 aromatic carbocycles. The van der Waals surface area contributed by atoms with Gasteiger partial charge in [-0.1, -0.05) is 60.1 Å². The first kappa shape index (κ1) is 12.6. The fourth-order valence-electron chi connectivity index (χ4n) is 1.86. The van der Waals surface area contributed by atoms with Crippen molar-refractivity contribution in [3.63, 3.8) is 0 Å².